The summed E-state index contributed by atoms with van der Waals surface area (Å²) in [6, 6.07) is 5.46. The Bertz CT molecular complexity index is 794. The molecule has 2 aromatic rings. The number of aryl methyl sites for hydroxylation is 1. The molecule has 0 bridgehead atoms. The van der Waals surface area contributed by atoms with Crippen LogP contribution in [0.15, 0.2) is 23.1 Å². The zero-order valence-corrected chi connectivity index (χ0v) is 14.2. The molecule has 0 spiro atoms. The molecule has 1 aromatic heterocycles. The van der Waals surface area contributed by atoms with Gasteiger partial charge in [-0.2, -0.15) is 4.80 Å². The van der Waals surface area contributed by atoms with Crippen LogP contribution in [-0.2, 0) is 16.9 Å². The summed E-state index contributed by atoms with van der Waals surface area (Å²) in [6.07, 6.45) is 7.17. The molecule has 1 saturated carbocycles. The van der Waals surface area contributed by atoms with E-state index in [0.717, 1.165) is 18.5 Å². The average molecular weight is 335 g/mol. The summed E-state index contributed by atoms with van der Waals surface area (Å²) in [5.41, 5.74) is 1.53. The van der Waals surface area contributed by atoms with Gasteiger partial charge in [-0.15, -0.1) is 10.2 Å². The minimum absolute atomic E-state index is 0.258. The van der Waals surface area contributed by atoms with Crippen molar-refractivity contribution in [3.8, 4) is 11.4 Å². The topological polar surface area (TPSA) is 89.8 Å². The number of aromatic nitrogens is 4. The lowest BCUT2D eigenvalue weighted by atomic mass is 9.95. The highest BCUT2D eigenvalue weighted by Gasteiger charge is 2.19. The quantitative estimate of drug-likeness (QED) is 0.919. The summed E-state index contributed by atoms with van der Waals surface area (Å²) >= 11 is 0. The van der Waals surface area contributed by atoms with Crippen molar-refractivity contribution in [1.82, 2.24) is 20.2 Å². The van der Waals surface area contributed by atoms with Crippen molar-refractivity contribution < 1.29 is 8.42 Å². The number of sulfone groups is 1. The van der Waals surface area contributed by atoms with Crippen LogP contribution in [0.1, 0.15) is 32.1 Å². The Morgan fingerprint density at radius 2 is 1.96 bits per heavy atom. The Hall–Kier alpha value is -1.96. The van der Waals surface area contributed by atoms with E-state index in [2.05, 4.69) is 20.7 Å². The number of hydrogen-bond acceptors (Lipinski definition) is 6. The van der Waals surface area contributed by atoms with Crippen molar-refractivity contribution in [2.45, 2.75) is 43.0 Å². The normalized spacial score (nSPS) is 16.4. The molecule has 0 amide bonds. The number of benzene rings is 1. The zero-order chi connectivity index (χ0) is 16.4. The third-order valence-electron chi connectivity index (χ3n) is 4.13. The van der Waals surface area contributed by atoms with E-state index in [-0.39, 0.29) is 4.90 Å². The Labute approximate surface area is 136 Å². The van der Waals surface area contributed by atoms with Crippen molar-refractivity contribution in [3.63, 3.8) is 0 Å². The second-order valence-electron chi connectivity index (χ2n) is 6.06. The first-order chi connectivity index (χ1) is 10.9. The van der Waals surface area contributed by atoms with E-state index >= 15 is 0 Å². The lowest BCUT2D eigenvalue weighted by molar-refractivity contribution is 0.463. The average Bonchev–Trinajstić information content (AvgIpc) is 2.94. The summed E-state index contributed by atoms with van der Waals surface area (Å²) in [4.78, 5) is 1.63. The minimum atomic E-state index is -3.29. The van der Waals surface area contributed by atoms with Crippen molar-refractivity contribution in [3.05, 3.63) is 18.2 Å². The van der Waals surface area contributed by atoms with Gasteiger partial charge in [-0.25, -0.2) is 8.42 Å². The third-order valence-corrected chi connectivity index (χ3v) is 5.24. The summed E-state index contributed by atoms with van der Waals surface area (Å²) in [5, 5.41) is 15.6. The van der Waals surface area contributed by atoms with E-state index < -0.39 is 9.84 Å². The standard InChI is InChI=1S/C15H21N5O2S/c1-20-18-15(17-19-20)13-10-12(23(2,21)22)8-9-14(13)16-11-6-4-3-5-7-11/h8-11,16H,3-7H2,1-2H3. The Balaban J connectivity index is 2.00. The van der Waals surface area contributed by atoms with Crippen LogP contribution in [0, 0.1) is 0 Å². The molecule has 0 saturated heterocycles. The molecule has 0 unspecified atom stereocenters. The minimum Gasteiger partial charge on any atom is -0.382 e. The maximum Gasteiger partial charge on any atom is 0.207 e. The van der Waals surface area contributed by atoms with Crippen LogP contribution in [0.4, 0.5) is 5.69 Å². The number of anilines is 1. The maximum absolute atomic E-state index is 11.8. The highest BCUT2D eigenvalue weighted by atomic mass is 32.2. The molecule has 7 nitrogen and oxygen atoms in total. The van der Waals surface area contributed by atoms with Crippen molar-refractivity contribution in [2.24, 2.45) is 7.05 Å². The molecule has 1 N–H and O–H groups in total. The van der Waals surface area contributed by atoms with Crippen LogP contribution in [0.5, 0.6) is 0 Å². The number of hydrogen-bond donors (Lipinski definition) is 1. The van der Waals surface area contributed by atoms with E-state index in [9.17, 15) is 8.42 Å². The molecule has 0 atom stereocenters. The Kier molecular flexibility index (Phi) is 4.34. The fourth-order valence-corrected chi connectivity index (χ4v) is 3.57. The molecule has 1 aromatic carbocycles. The van der Waals surface area contributed by atoms with Gasteiger partial charge < -0.3 is 5.32 Å². The van der Waals surface area contributed by atoms with Gasteiger partial charge in [0.05, 0.1) is 11.9 Å². The lowest BCUT2D eigenvalue weighted by Crippen LogP contribution is -2.22. The van der Waals surface area contributed by atoms with Crippen molar-refractivity contribution in [2.75, 3.05) is 11.6 Å². The summed E-state index contributed by atoms with van der Waals surface area (Å²) < 4.78 is 23.7. The molecule has 1 heterocycles. The lowest BCUT2D eigenvalue weighted by Gasteiger charge is -2.25. The summed E-state index contributed by atoms with van der Waals surface area (Å²) in [7, 11) is -1.60. The van der Waals surface area contributed by atoms with Gasteiger partial charge in [0.15, 0.2) is 9.84 Å². The molecular weight excluding hydrogens is 314 g/mol. The highest BCUT2D eigenvalue weighted by Crippen LogP contribution is 2.30. The van der Waals surface area contributed by atoms with Crippen LogP contribution in [0.2, 0.25) is 0 Å². The molecule has 1 aliphatic carbocycles. The number of nitrogens with zero attached hydrogens (tertiary/aromatic N) is 4. The van der Waals surface area contributed by atoms with Crippen LogP contribution in [-0.4, -0.2) is 40.9 Å². The van der Waals surface area contributed by atoms with Gasteiger partial charge in [0, 0.05) is 23.5 Å². The second-order valence-corrected chi connectivity index (χ2v) is 8.08. The molecule has 23 heavy (non-hydrogen) atoms. The van der Waals surface area contributed by atoms with Gasteiger partial charge >= 0.3 is 0 Å². The first-order valence-electron chi connectivity index (χ1n) is 7.78. The molecule has 1 aliphatic rings. The maximum atomic E-state index is 11.8. The second kappa shape index (κ2) is 6.27. The van der Waals surface area contributed by atoms with E-state index in [0.29, 0.717) is 17.4 Å². The third kappa shape index (κ3) is 3.69. The smallest absolute Gasteiger partial charge is 0.207 e. The van der Waals surface area contributed by atoms with Gasteiger partial charge in [-0.1, -0.05) is 19.3 Å². The Morgan fingerprint density at radius 3 is 2.57 bits per heavy atom. The van der Waals surface area contributed by atoms with Gasteiger partial charge in [0.25, 0.3) is 0 Å². The summed E-state index contributed by atoms with van der Waals surface area (Å²) in [5.74, 6) is 0.427. The fraction of sp³-hybridized carbons (Fsp3) is 0.533. The van der Waals surface area contributed by atoms with Crippen LogP contribution >= 0.6 is 0 Å². The molecule has 0 radical (unpaired) electrons. The van der Waals surface area contributed by atoms with E-state index in [1.807, 2.05) is 0 Å². The monoisotopic (exact) mass is 335 g/mol. The highest BCUT2D eigenvalue weighted by molar-refractivity contribution is 7.90. The molecule has 8 heteroatoms. The summed E-state index contributed by atoms with van der Waals surface area (Å²) in [6.45, 7) is 0. The Morgan fingerprint density at radius 1 is 1.22 bits per heavy atom. The number of tetrazole rings is 1. The molecule has 0 aliphatic heterocycles. The van der Waals surface area contributed by atoms with Crippen LogP contribution < -0.4 is 5.32 Å². The number of nitrogens with one attached hydrogen (secondary N) is 1. The van der Waals surface area contributed by atoms with Gasteiger partial charge in [0.1, 0.15) is 0 Å². The van der Waals surface area contributed by atoms with E-state index in [4.69, 9.17) is 0 Å². The number of rotatable bonds is 4. The first-order valence-corrected chi connectivity index (χ1v) is 9.67. The molecular formula is C15H21N5O2S. The largest absolute Gasteiger partial charge is 0.382 e. The van der Waals surface area contributed by atoms with Crippen LogP contribution in [0.3, 0.4) is 0 Å². The van der Waals surface area contributed by atoms with Gasteiger partial charge in [-0.05, 0) is 36.3 Å². The first kappa shape index (κ1) is 15.9. The molecule has 124 valence electrons. The van der Waals surface area contributed by atoms with Gasteiger partial charge in [0.2, 0.25) is 5.82 Å². The predicted molar refractivity (Wildman–Crippen MR) is 87.8 cm³/mol. The fourth-order valence-electron chi connectivity index (χ4n) is 2.92. The molecule has 1 fully saturated rings. The predicted octanol–water partition coefficient (Wildman–Crippen LogP) is 2.03. The van der Waals surface area contributed by atoms with Crippen molar-refractivity contribution >= 4 is 15.5 Å². The molecule has 3 rings (SSSR count). The SMILES string of the molecule is Cn1nnc(-c2cc(S(C)(=O)=O)ccc2NC2CCCCC2)n1. The van der Waals surface area contributed by atoms with E-state index in [1.54, 1.807) is 25.2 Å². The zero-order valence-electron chi connectivity index (χ0n) is 13.4. The van der Waals surface area contributed by atoms with Gasteiger partial charge in [-0.3, -0.25) is 0 Å². The van der Waals surface area contributed by atoms with Crippen molar-refractivity contribution in [1.29, 1.82) is 0 Å². The van der Waals surface area contributed by atoms with Crippen LogP contribution in [0.25, 0.3) is 11.4 Å². The van der Waals surface area contributed by atoms with E-state index in [1.165, 1.54) is 30.3 Å².